The number of carbonyl (C=O) groups excluding carboxylic acids is 2. The van der Waals surface area contributed by atoms with Gasteiger partial charge in [0.2, 0.25) is 12.2 Å². The lowest BCUT2D eigenvalue weighted by atomic mass is 10.3. The average Bonchev–Trinajstić information content (AvgIpc) is 3.02. The van der Waals surface area contributed by atoms with E-state index in [1.165, 1.54) is 26.3 Å². The smallest absolute Gasteiger partial charge is 0.211 e. The first kappa shape index (κ1) is 37.7. The van der Waals surface area contributed by atoms with Gasteiger partial charge in [0.15, 0.2) is 0 Å². The van der Waals surface area contributed by atoms with Crippen LogP contribution in [0.1, 0.15) is 41.5 Å². The number of rotatable bonds is 4. The van der Waals surface area contributed by atoms with Crippen LogP contribution >= 0.6 is 0 Å². The van der Waals surface area contributed by atoms with Crippen LogP contribution in [-0.2, 0) is 9.59 Å². The summed E-state index contributed by atoms with van der Waals surface area (Å²) in [4.78, 5) is 40.3. The molecule has 0 spiro atoms. The standard InChI is InChI=1S/C20H14N4.2C2H3NO.3C2H6/c1-3-8-17(9-4-1)21-15-23-19-12-7-13-20(14-19)24-16-22-18-10-5-2-6-11-18;2*1-3-2-4;3*1-2/h1-14H;2*1H3;3*1-2H3. The highest BCUT2D eigenvalue weighted by Crippen LogP contribution is 2.20. The summed E-state index contributed by atoms with van der Waals surface area (Å²) in [5, 5.41) is 0. The predicted octanol–water partition coefficient (Wildman–Crippen LogP) is 8.94. The van der Waals surface area contributed by atoms with Crippen LogP contribution < -0.4 is 0 Å². The second kappa shape index (κ2) is 32.2. The van der Waals surface area contributed by atoms with Gasteiger partial charge in [-0.2, -0.15) is 20.0 Å². The van der Waals surface area contributed by atoms with E-state index in [0.29, 0.717) is 0 Å². The molecule has 0 saturated carbocycles. The van der Waals surface area contributed by atoms with Gasteiger partial charge in [0.05, 0.1) is 22.7 Å². The molecule has 0 atom stereocenters. The van der Waals surface area contributed by atoms with E-state index in [0.717, 1.165) is 22.7 Å². The van der Waals surface area contributed by atoms with Gasteiger partial charge in [0.1, 0.15) is 12.0 Å². The highest BCUT2D eigenvalue weighted by Gasteiger charge is 1.91. The molecule has 0 radical (unpaired) electrons. The van der Waals surface area contributed by atoms with Crippen molar-refractivity contribution >= 4 is 46.9 Å². The minimum Gasteiger partial charge on any atom is -0.211 e. The van der Waals surface area contributed by atoms with Crippen LogP contribution in [0, 0.1) is 0 Å². The van der Waals surface area contributed by atoms with E-state index in [1.54, 1.807) is 0 Å². The third-order valence-corrected chi connectivity index (χ3v) is 3.24. The zero-order valence-electron chi connectivity index (χ0n) is 23.6. The zero-order chi connectivity index (χ0) is 29.3. The monoisotopic (exact) mass is 514 g/mol. The molecule has 0 amide bonds. The SMILES string of the molecule is C(=Nc1ccccc1)=Nc1cccc(N=C=Nc2ccccc2)c1.CC.CC.CC.CN=C=O.CN=C=O. The predicted molar refractivity (Wildman–Crippen MR) is 160 cm³/mol. The summed E-state index contributed by atoms with van der Waals surface area (Å²) in [5.41, 5.74) is 3.06. The zero-order valence-corrected chi connectivity index (χ0v) is 23.6. The first-order valence-corrected chi connectivity index (χ1v) is 12.2. The summed E-state index contributed by atoms with van der Waals surface area (Å²) in [6.07, 6.45) is 2.61. The molecule has 0 aliphatic heterocycles. The maximum absolute atomic E-state index is 8.88. The maximum atomic E-state index is 8.88. The number of para-hydroxylation sites is 2. The molecule has 0 unspecified atom stereocenters. The van der Waals surface area contributed by atoms with Crippen molar-refractivity contribution in [2.24, 2.45) is 30.0 Å². The van der Waals surface area contributed by atoms with Gasteiger partial charge in [0, 0.05) is 14.1 Å². The number of aliphatic imine (C=N–C) groups is 6. The molecule has 3 rings (SSSR count). The molecule has 8 nitrogen and oxygen atoms in total. The van der Waals surface area contributed by atoms with Gasteiger partial charge in [-0.25, -0.2) is 19.6 Å². The van der Waals surface area contributed by atoms with E-state index in [1.807, 2.05) is 126 Å². The van der Waals surface area contributed by atoms with E-state index in [4.69, 9.17) is 9.59 Å². The van der Waals surface area contributed by atoms with Gasteiger partial charge in [-0.05, 0) is 42.5 Å². The number of hydrogen-bond donors (Lipinski definition) is 0. The molecule has 3 aromatic carbocycles. The van der Waals surface area contributed by atoms with Crippen molar-refractivity contribution in [3.05, 3.63) is 84.9 Å². The molecular formula is C30H38N6O2. The third-order valence-electron chi connectivity index (χ3n) is 3.24. The minimum atomic E-state index is 0.720. The molecule has 0 bridgehead atoms. The van der Waals surface area contributed by atoms with Gasteiger partial charge < -0.3 is 0 Å². The first-order chi connectivity index (χ1) is 18.7. The third kappa shape index (κ3) is 22.9. The van der Waals surface area contributed by atoms with E-state index in [2.05, 4.69) is 42.0 Å². The highest BCUT2D eigenvalue weighted by atomic mass is 16.1. The Morgan fingerprint density at radius 3 is 1.00 bits per heavy atom. The quantitative estimate of drug-likeness (QED) is 0.256. The normalized spacial score (nSPS) is 7.26. The van der Waals surface area contributed by atoms with Crippen molar-refractivity contribution in [1.82, 2.24) is 0 Å². The lowest BCUT2D eigenvalue weighted by Crippen LogP contribution is -1.67. The van der Waals surface area contributed by atoms with Crippen molar-refractivity contribution in [3.8, 4) is 0 Å². The summed E-state index contributed by atoms with van der Waals surface area (Å²) < 4.78 is 0. The van der Waals surface area contributed by atoms with Crippen LogP contribution in [0.3, 0.4) is 0 Å². The summed E-state index contributed by atoms with van der Waals surface area (Å²) in [7, 11) is 2.76. The molecule has 0 fully saturated rings. The Morgan fingerprint density at radius 2 is 0.711 bits per heavy atom. The molecule has 0 aliphatic carbocycles. The van der Waals surface area contributed by atoms with Crippen molar-refractivity contribution in [2.75, 3.05) is 14.1 Å². The van der Waals surface area contributed by atoms with Gasteiger partial charge in [0.25, 0.3) is 0 Å². The molecule has 0 N–H and O–H groups in total. The average molecular weight is 515 g/mol. The Bertz CT molecular complexity index is 1080. The van der Waals surface area contributed by atoms with Crippen molar-refractivity contribution in [2.45, 2.75) is 41.5 Å². The molecule has 3 aromatic rings. The Labute approximate surface area is 227 Å². The topological polar surface area (TPSA) is 108 Å². The number of hydrogen-bond acceptors (Lipinski definition) is 8. The lowest BCUT2D eigenvalue weighted by Gasteiger charge is -1.92. The van der Waals surface area contributed by atoms with Gasteiger partial charge in [-0.1, -0.05) is 84.0 Å². The van der Waals surface area contributed by atoms with Crippen LogP contribution in [0.4, 0.5) is 22.7 Å². The molecule has 0 heterocycles. The minimum absolute atomic E-state index is 0.720. The maximum Gasteiger partial charge on any atom is 0.234 e. The van der Waals surface area contributed by atoms with Gasteiger partial charge >= 0.3 is 0 Å². The van der Waals surface area contributed by atoms with Crippen molar-refractivity contribution < 1.29 is 9.59 Å². The van der Waals surface area contributed by atoms with Crippen LogP contribution in [0.5, 0.6) is 0 Å². The lowest BCUT2D eigenvalue weighted by molar-refractivity contribution is 0.564. The molecule has 8 heteroatoms. The van der Waals surface area contributed by atoms with Crippen LogP contribution in [0.15, 0.2) is 115 Å². The van der Waals surface area contributed by atoms with Crippen molar-refractivity contribution in [3.63, 3.8) is 0 Å². The Hall–Kier alpha value is -4.82. The fourth-order valence-corrected chi connectivity index (χ4v) is 1.92. The molecule has 0 aromatic heterocycles. The Morgan fingerprint density at radius 1 is 0.447 bits per heavy atom. The highest BCUT2D eigenvalue weighted by molar-refractivity contribution is 5.63. The molecular weight excluding hydrogens is 476 g/mol. The van der Waals surface area contributed by atoms with Crippen LogP contribution in [0.25, 0.3) is 0 Å². The Balaban J connectivity index is -0.000000741. The molecule has 0 saturated heterocycles. The van der Waals surface area contributed by atoms with E-state index in [9.17, 15) is 0 Å². The van der Waals surface area contributed by atoms with E-state index < -0.39 is 0 Å². The Kier molecular flexibility index (Phi) is 31.9. The number of benzene rings is 3. The van der Waals surface area contributed by atoms with Gasteiger partial charge in [-0.15, -0.1) is 0 Å². The first-order valence-electron chi connectivity index (χ1n) is 12.2. The largest absolute Gasteiger partial charge is 0.234 e. The van der Waals surface area contributed by atoms with Crippen molar-refractivity contribution in [1.29, 1.82) is 0 Å². The fourth-order valence-electron chi connectivity index (χ4n) is 1.92. The van der Waals surface area contributed by atoms with Crippen LogP contribution in [0.2, 0.25) is 0 Å². The number of nitrogens with zero attached hydrogens (tertiary/aromatic N) is 6. The van der Waals surface area contributed by atoms with E-state index >= 15 is 0 Å². The molecule has 0 aliphatic rings. The summed E-state index contributed by atoms with van der Waals surface area (Å²) >= 11 is 0. The van der Waals surface area contributed by atoms with E-state index in [-0.39, 0.29) is 0 Å². The number of isocyanates is 2. The van der Waals surface area contributed by atoms with Crippen LogP contribution in [-0.4, -0.2) is 38.3 Å². The second-order valence-electron chi connectivity index (χ2n) is 5.47. The second-order valence-corrected chi connectivity index (χ2v) is 5.47. The molecule has 200 valence electrons. The summed E-state index contributed by atoms with van der Waals surface area (Å²) in [5.74, 6) is 0. The molecule has 38 heavy (non-hydrogen) atoms. The summed E-state index contributed by atoms with van der Waals surface area (Å²) in [6, 6.07) is 31.9. The summed E-state index contributed by atoms with van der Waals surface area (Å²) in [6.45, 7) is 12.0. The fraction of sp³-hybridized carbons (Fsp3) is 0.267. The van der Waals surface area contributed by atoms with Gasteiger partial charge in [-0.3, -0.25) is 0 Å².